The molecule has 0 saturated carbocycles. The normalized spacial score (nSPS) is 13.1. The van der Waals surface area contributed by atoms with Crippen molar-refractivity contribution in [3.05, 3.63) is 70.4 Å². The zero-order valence-corrected chi connectivity index (χ0v) is 20.2. The van der Waals surface area contributed by atoms with Crippen LogP contribution in [0.25, 0.3) is 0 Å². The summed E-state index contributed by atoms with van der Waals surface area (Å²) in [6.45, 7) is 4.45. The number of nitrogens with zero attached hydrogens (tertiary/aromatic N) is 4. The summed E-state index contributed by atoms with van der Waals surface area (Å²) in [6.07, 6.45) is 8.83. The molecule has 0 atom stereocenters. The number of carbonyl (C=O) groups excluding carboxylic acids is 1. The van der Waals surface area contributed by atoms with Crippen LogP contribution in [0.2, 0.25) is 0 Å². The van der Waals surface area contributed by atoms with Gasteiger partial charge in [-0.1, -0.05) is 54.6 Å². The minimum absolute atomic E-state index is 0.133. The molecule has 0 radical (unpaired) electrons. The SMILES string of the molecule is C=CCn1c(CCc2ccccc2)nnc1SCC(=O)Nc1sc2c(c1C#N)CCCCC2. The van der Waals surface area contributed by atoms with Crippen molar-refractivity contribution in [3.8, 4) is 6.07 Å². The Morgan fingerprint density at radius 1 is 1.21 bits per heavy atom. The first-order valence-corrected chi connectivity index (χ1v) is 13.0. The van der Waals surface area contributed by atoms with Gasteiger partial charge in [0.1, 0.15) is 16.9 Å². The lowest BCUT2D eigenvalue weighted by molar-refractivity contribution is -0.113. The van der Waals surface area contributed by atoms with Gasteiger partial charge in [0.05, 0.1) is 11.3 Å². The fraction of sp³-hybridized carbons (Fsp3) is 0.360. The van der Waals surface area contributed by atoms with Crippen LogP contribution in [-0.2, 0) is 37.0 Å². The van der Waals surface area contributed by atoms with Gasteiger partial charge in [-0.2, -0.15) is 5.26 Å². The summed E-state index contributed by atoms with van der Waals surface area (Å²) in [5, 5.41) is 22.7. The van der Waals surface area contributed by atoms with E-state index in [9.17, 15) is 10.1 Å². The molecule has 1 amide bonds. The predicted molar refractivity (Wildman–Crippen MR) is 134 cm³/mol. The molecule has 1 aromatic carbocycles. The number of nitriles is 1. The molecule has 0 unspecified atom stereocenters. The summed E-state index contributed by atoms with van der Waals surface area (Å²) < 4.78 is 2.02. The first-order valence-electron chi connectivity index (χ1n) is 11.2. The number of anilines is 1. The maximum atomic E-state index is 12.7. The standard InChI is InChI=1S/C25H27N5OS2/c1-2-15-30-22(14-13-18-9-5-3-6-10-18)28-29-25(30)32-17-23(31)27-24-20(16-26)19-11-7-4-8-12-21(19)33-24/h2-3,5-6,9-10H,1,4,7-8,11-15,17H2,(H,27,31). The molecule has 0 aliphatic heterocycles. The average molecular weight is 478 g/mol. The van der Waals surface area contributed by atoms with Gasteiger partial charge in [-0.05, 0) is 43.2 Å². The highest BCUT2D eigenvalue weighted by Crippen LogP contribution is 2.37. The molecule has 2 aromatic heterocycles. The number of amides is 1. The summed E-state index contributed by atoms with van der Waals surface area (Å²) in [5.74, 6) is 0.962. The summed E-state index contributed by atoms with van der Waals surface area (Å²) in [5.41, 5.74) is 3.03. The Bertz CT molecular complexity index is 1160. The van der Waals surface area contributed by atoms with Gasteiger partial charge in [-0.15, -0.1) is 28.1 Å². The summed E-state index contributed by atoms with van der Waals surface area (Å²) in [7, 11) is 0. The summed E-state index contributed by atoms with van der Waals surface area (Å²) in [4.78, 5) is 14.0. The third kappa shape index (κ3) is 5.73. The maximum Gasteiger partial charge on any atom is 0.235 e. The van der Waals surface area contributed by atoms with E-state index >= 15 is 0 Å². The second kappa shape index (κ2) is 11.3. The minimum Gasteiger partial charge on any atom is -0.316 e. The Hall–Kier alpha value is -2.89. The molecule has 170 valence electrons. The third-order valence-corrected chi connectivity index (χ3v) is 7.88. The second-order valence-corrected chi connectivity index (χ2v) is 10.0. The Morgan fingerprint density at radius 3 is 2.82 bits per heavy atom. The van der Waals surface area contributed by atoms with E-state index in [1.165, 1.54) is 28.6 Å². The van der Waals surface area contributed by atoms with Crippen LogP contribution in [0, 0.1) is 11.3 Å². The minimum atomic E-state index is -0.133. The first kappa shape index (κ1) is 23.3. The van der Waals surface area contributed by atoms with Crippen LogP contribution in [-0.4, -0.2) is 26.4 Å². The van der Waals surface area contributed by atoms with Crippen LogP contribution in [0.4, 0.5) is 5.00 Å². The molecule has 6 nitrogen and oxygen atoms in total. The van der Waals surface area contributed by atoms with E-state index in [4.69, 9.17) is 0 Å². The average Bonchev–Trinajstić information content (AvgIpc) is 3.28. The van der Waals surface area contributed by atoms with Crippen LogP contribution < -0.4 is 5.32 Å². The van der Waals surface area contributed by atoms with E-state index in [0.717, 1.165) is 49.9 Å². The Labute approximate surface area is 202 Å². The Morgan fingerprint density at radius 2 is 2.03 bits per heavy atom. The molecule has 0 fully saturated rings. The summed E-state index contributed by atoms with van der Waals surface area (Å²) >= 11 is 2.92. The molecule has 1 aliphatic rings. The lowest BCUT2D eigenvalue weighted by atomic mass is 10.1. The molecule has 0 bridgehead atoms. The summed E-state index contributed by atoms with van der Waals surface area (Å²) in [6, 6.07) is 12.6. The molecule has 33 heavy (non-hydrogen) atoms. The highest BCUT2D eigenvalue weighted by molar-refractivity contribution is 7.99. The van der Waals surface area contributed by atoms with Crippen molar-refractivity contribution in [1.29, 1.82) is 5.26 Å². The van der Waals surface area contributed by atoms with Gasteiger partial charge < -0.3 is 9.88 Å². The van der Waals surface area contributed by atoms with E-state index in [-0.39, 0.29) is 11.7 Å². The van der Waals surface area contributed by atoms with E-state index in [1.807, 2.05) is 28.8 Å². The number of aromatic nitrogens is 3. The van der Waals surface area contributed by atoms with Gasteiger partial charge in [-0.3, -0.25) is 4.79 Å². The second-order valence-electron chi connectivity index (χ2n) is 8.00. The van der Waals surface area contributed by atoms with Crippen molar-refractivity contribution in [2.75, 3.05) is 11.1 Å². The molecular formula is C25H27N5OS2. The van der Waals surface area contributed by atoms with Crippen molar-refractivity contribution in [3.63, 3.8) is 0 Å². The van der Waals surface area contributed by atoms with Gasteiger partial charge >= 0.3 is 0 Å². The van der Waals surface area contributed by atoms with E-state index in [2.05, 4.69) is 40.3 Å². The Kier molecular flexibility index (Phi) is 7.97. The molecule has 0 saturated heterocycles. The molecule has 1 N–H and O–H groups in total. The molecule has 4 rings (SSSR count). The largest absolute Gasteiger partial charge is 0.316 e. The number of thioether (sulfide) groups is 1. The van der Waals surface area contributed by atoms with E-state index in [1.54, 1.807) is 11.3 Å². The third-order valence-electron chi connectivity index (χ3n) is 5.70. The number of benzene rings is 1. The number of allylic oxidation sites excluding steroid dienone is 1. The van der Waals surface area contributed by atoms with Crippen molar-refractivity contribution in [2.24, 2.45) is 0 Å². The van der Waals surface area contributed by atoms with Crippen LogP contribution in [0.5, 0.6) is 0 Å². The monoisotopic (exact) mass is 477 g/mol. The number of carbonyl (C=O) groups is 1. The lowest BCUT2D eigenvalue weighted by Crippen LogP contribution is -2.15. The molecule has 0 spiro atoms. The van der Waals surface area contributed by atoms with E-state index < -0.39 is 0 Å². The van der Waals surface area contributed by atoms with Crippen molar-refractivity contribution in [1.82, 2.24) is 14.8 Å². The Balaban J connectivity index is 1.40. The van der Waals surface area contributed by atoms with Gasteiger partial charge in [0.25, 0.3) is 0 Å². The number of thiophene rings is 1. The van der Waals surface area contributed by atoms with Crippen LogP contribution in [0.3, 0.4) is 0 Å². The zero-order chi connectivity index (χ0) is 23.0. The maximum absolute atomic E-state index is 12.7. The number of hydrogen-bond acceptors (Lipinski definition) is 6. The number of fused-ring (bicyclic) bond motifs is 1. The number of nitrogens with one attached hydrogen (secondary N) is 1. The quantitative estimate of drug-likeness (QED) is 0.261. The van der Waals surface area contributed by atoms with Crippen molar-refractivity contribution in [2.45, 2.75) is 56.6 Å². The van der Waals surface area contributed by atoms with Crippen LogP contribution in [0.15, 0.2) is 48.1 Å². The smallest absolute Gasteiger partial charge is 0.235 e. The highest BCUT2D eigenvalue weighted by Gasteiger charge is 2.21. The number of rotatable bonds is 9. The zero-order valence-electron chi connectivity index (χ0n) is 18.5. The fourth-order valence-corrected chi connectivity index (χ4v) is 6.09. The lowest BCUT2D eigenvalue weighted by Gasteiger charge is -2.08. The van der Waals surface area contributed by atoms with Crippen molar-refractivity contribution < 1.29 is 4.79 Å². The van der Waals surface area contributed by atoms with E-state index in [0.29, 0.717) is 22.3 Å². The molecule has 2 heterocycles. The van der Waals surface area contributed by atoms with Gasteiger partial charge in [0, 0.05) is 17.8 Å². The number of hydrogen-bond donors (Lipinski definition) is 1. The fourth-order valence-electron chi connectivity index (χ4n) is 4.07. The van der Waals surface area contributed by atoms with Crippen LogP contribution >= 0.6 is 23.1 Å². The molecule has 8 heteroatoms. The highest BCUT2D eigenvalue weighted by atomic mass is 32.2. The topological polar surface area (TPSA) is 83.6 Å². The number of aryl methyl sites for hydroxylation is 3. The van der Waals surface area contributed by atoms with Gasteiger partial charge in [0.2, 0.25) is 5.91 Å². The molecule has 3 aromatic rings. The predicted octanol–water partition coefficient (Wildman–Crippen LogP) is 5.18. The van der Waals surface area contributed by atoms with Crippen LogP contribution in [0.1, 0.15) is 46.7 Å². The van der Waals surface area contributed by atoms with Gasteiger partial charge in [-0.25, -0.2) is 0 Å². The van der Waals surface area contributed by atoms with Gasteiger partial charge in [0.15, 0.2) is 5.16 Å². The first-order chi connectivity index (χ1) is 16.2. The molecular weight excluding hydrogens is 450 g/mol. The molecule has 1 aliphatic carbocycles. The van der Waals surface area contributed by atoms with Crippen molar-refractivity contribution >= 4 is 34.0 Å².